The van der Waals surface area contributed by atoms with E-state index in [1.165, 1.54) is 11.3 Å². The van der Waals surface area contributed by atoms with Crippen molar-refractivity contribution in [1.82, 2.24) is 15.8 Å². The van der Waals surface area contributed by atoms with Crippen LogP contribution in [0.3, 0.4) is 0 Å². The summed E-state index contributed by atoms with van der Waals surface area (Å²) in [7, 11) is 0. The van der Waals surface area contributed by atoms with Gasteiger partial charge in [0.1, 0.15) is 5.69 Å². The number of aromatic nitrogens is 1. The largest absolute Gasteiger partial charge is 0.463 e. The van der Waals surface area contributed by atoms with E-state index < -0.39 is 5.91 Å². The number of furan rings is 1. The number of rotatable bonds is 4. The third kappa shape index (κ3) is 3.73. The molecule has 0 atom stereocenters. The highest BCUT2D eigenvalue weighted by atomic mass is 32.1. The molecule has 0 aliphatic rings. The molecule has 0 aliphatic heterocycles. The van der Waals surface area contributed by atoms with Crippen LogP contribution in [0.5, 0.6) is 0 Å². The van der Waals surface area contributed by atoms with E-state index in [4.69, 9.17) is 4.42 Å². The van der Waals surface area contributed by atoms with E-state index in [1.807, 2.05) is 41.8 Å². The summed E-state index contributed by atoms with van der Waals surface area (Å²) in [5, 5.41) is 2.60. The number of benzene rings is 1. The summed E-state index contributed by atoms with van der Waals surface area (Å²) in [6, 6.07) is 16.3. The van der Waals surface area contributed by atoms with Crippen LogP contribution in [0.4, 0.5) is 0 Å². The number of hydrazine groups is 1. The molecule has 3 heterocycles. The molecule has 6 nitrogen and oxygen atoms in total. The van der Waals surface area contributed by atoms with Gasteiger partial charge in [-0.15, -0.1) is 11.3 Å². The van der Waals surface area contributed by atoms with Crippen molar-refractivity contribution < 1.29 is 14.0 Å². The van der Waals surface area contributed by atoms with Crippen LogP contribution in [0, 0.1) is 0 Å². The number of pyridine rings is 1. The Hall–Kier alpha value is -3.45. The monoisotopic (exact) mass is 377 g/mol. The van der Waals surface area contributed by atoms with Gasteiger partial charge in [0.25, 0.3) is 5.91 Å². The first-order chi connectivity index (χ1) is 13.2. The summed E-state index contributed by atoms with van der Waals surface area (Å²) in [5.74, 6) is -0.132. The molecule has 0 bridgehead atoms. The molecule has 0 unspecified atom stereocenters. The fourth-order valence-electron chi connectivity index (χ4n) is 2.72. The smallest absolute Gasteiger partial charge is 0.270 e. The van der Waals surface area contributed by atoms with Gasteiger partial charge in [-0.25, -0.2) is 4.98 Å². The third-order valence-corrected chi connectivity index (χ3v) is 4.84. The number of para-hydroxylation sites is 1. The summed E-state index contributed by atoms with van der Waals surface area (Å²) in [6.45, 7) is 0. The average molecular weight is 377 g/mol. The maximum absolute atomic E-state index is 12.7. The Morgan fingerprint density at radius 2 is 1.93 bits per heavy atom. The van der Waals surface area contributed by atoms with E-state index in [0.29, 0.717) is 27.9 Å². The Kier molecular flexibility index (Phi) is 4.67. The molecule has 134 valence electrons. The van der Waals surface area contributed by atoms with E-state index >= 15 is 0 Å². The van der Waals surface area contributed by atoms with Gasteiger partial charge >= 0.3 is 0 Å². The molecule has 4 rings (SSSR count). The molecule has 2 amide bonds. The van der Waals surface area contributed by atoms with Crippen molar-refractivity contribution >= 4 is 34.1 Å². The molecule has 0 aliphatic carbocycles. The Morgan fingerprint density at radius 3 is 2.70 bits per heavy atom. The summed E-state index contributed by atoms with van der Waals surface area (Å²) in [5.41, 5.74) is 6.57. The lowest BCUT2D eigenvalue weighted by atomic mass is 10.1. The molecular weight excluding hydrogens is 362 g/mol. The van der Waals surface area contributed by atoms with Gasteiger partial charge < -0.3 is 4.42 Å². The predicted molar refractivity (Wildman–Crippen MR) is 103 cm³/mol. The minimum Gasteiger partial charge on any atom is -0.463 e. The van der Waals surface area contributed by atoms with Crippen LogP contribution in [0.1, 0.15) is 15.2 Å². The van der Waals surface area contributed by atoms with Crippen LogP contribution in [-0.2, 0) is 11.2 Å². The van der Waals surface area contributed by atoms with Crippen molar-refractivity contribution in [2.75, 3.05) is 0 Å². The molecule has 0 radical (unpaired) electrons. The van der Waals surface area contributed by atoms with Gasteiger partial charge in [0.05, 0.1) is 23.8 Å². The van der Waals surface area contributed by atoms with Gasteiger partial charge in [0, 0.05) is 10.3 Å². The normalized spacial score (nSPS) is 10.7. The number of hydrogen-bond donors (Lipinski definition) is 2. The lowest BCUT2D eigenvalue weighted by Gasteiger charge is -2.10. The van der Waals surface area contributed by atoms with Crippen LogP contribution >= 0.6 is 11.3 Å². The van der Waals surface area contributed by atoms with Crippen molar-refractivity contribution in [3.8, 4) is 11.5 Å². The summed E-state index contributed by atoms with van der Waals surface area (Å²) in [6.07, 6.45) is 1.77. The van der Waals surface area contributed by atoms with Crippen molar-refractivity contribution in [1.29, 1.82) is 0 Å². The molecule has 27 heavy (non-hydrogen) atoms. The predicted octanol–water partition coefficient (Wildman–Crippen LogP) is 3.56. The zero-order valence-corrected chi connectivity index (χ0v) is 15.0. The molecular formula is C20H15N3O3S. The van der Waals surface area contributed by atoms with Crippen LogP contribution in [0.2, 0.25) is 0 Å². The number of carbonyl (C=O) groups excluding carboxylic acids is 2. The molecule has 0 fully saturated rings. The maximum atomic E-state index is 12.7. The molecule has 7 heteroatoms. The molecule has 3 aromatic heterocycles. The summed E-state index contributed by atoms with van der Waals surface area (Å²) >= 11 is 1.49. The Bertz CT molecular complexity index is 1090. The third-order valence-electron chi connectivity index (χ3n) is 3.96. The summed E-state index contributed by atoms with van der Waals surface area (Å²) < 4.78 is 5.40. The van der Waals surface area contributed by atoms with E-state index in [1.54, 1.807) is 24.5 Å². The number of carbonyl (C=O) groups is 2. The maximum Gasteiger partial charge on any atom is 0.270 e. The molecule has 0 saturated heterocycles. The fraction of sp³-hybridized carbons (Fsp3) is 0.0500. The quantitative estimate of drug-likeness (QED) is 0.533. The topological polar surface area (TPSA) is 84.2 Å². The second-order valence-corrected chi connectivity index (χ2v) is 6.84. The highest BCUT2D eigenvalue weighted by Gasteiger charge is 2.15. The van der Waals surface area contributed by atoms with Crippen LogP contribution in [0.15, 0.2) is 70.7 Å². The van der Waals surface area contributed by atoms with Crippen LogP contribution < -0.4 is 10.9 Å². The molecule has 4 aromatic rings. The van der Waals surface area contributed by atoms with Crippen molar-refractivity contribution in [3.05, 3.63) is 76.7 Å². The number of nitrogens with zero attached hydrogens (tertiary/aromatic N) is 1. The van der Waals surface area contributed by atoms with Crippen molar-refractivity contribution in [2.24, 2.45) is 0 Å². The Labute approximate surface area is 158 Å². The first kappa shape index (κ1) is 17.0. The summed E-state index contributed by atoms with van der Waals surface area (Å²) in [4.78, 5) is 30.2. The lowest BCUT2D eigenvalue weighted by Crippen LogP contribution is -2.42. The van der Waals surface area contributed by atoms with Crippen LogP contribution in [0.25, 0.3) is 22.4 Å². The second kappa shape index (κ2) is 7.43. The number of thiophene rings is 1. The van der Waals surface area contributed by atoms with Gasteiger partial charge in [-0.2, -0.15) is 0 Å². The number of amides is 2. The molecule has 2 N–H and O–H groups in total. The van der Waals surface area contributed by atoms with E-state index in [0.717, 1.165) is 4.88 Å². The van der Waals surface area contributed by atoms with Gasteiger partial charge in [0.15, 0.2) is 5.76 Å². The van der Waals surface area contributed by atoms with E-state index in [2.05, 4.69) is 15.8 Å². The van der Waals surface area contributed by atoms with Gasteiger partial charge in [-0.3, -0.25) is 20.4 Å². The number of fused-ring (bicyclic) bond motifs is 1. The average Bonchev–Trinajstić information content (AvgIpc) is 3.39. The lowest BCUT2D eigenvalue weighted by molar-refractivity contribution is -0.121. The zero-order chi connectivity index (χ0) is 18.6. The number of nitrogens with one attached hydrogen (secondary N) is 2. The standard InChI is InChI=1S/C20H15N3O3S/c24-19(11-13-5-4-10-27-13)22-23-20(25)15-12-17(18-8-3-9-26-18)21-16-7-2-1-6-14(15)16/h1-10,12H,11H2,(H,22,24)(H,23,25). The SMILES string of the molecule is O=C(Cc1cccs1)NNC(=O)c1cc(-c2ccco2)nc2ccccc12. The Morgan fingerprint density at radius 1 is 1.04 bits per heavy atom. The molecule has 1 aromatic carbocycles. The van der Waals surface area contributed by atoms with E-state index in [-0.39, 0.29) is 12.3 Å². The van der Waals surface area contributed by atoms with Crippen molar-refractivity contribution in [2.45, 2.75) is 6.42 Å². The fourth-order valence-corrected chi connectivity index (χ4v) is 3.43. The van der Waals surface area contributed by atoms with Gasteiger partial charge in [-0.05, 0) is 35.7 Å². The highest BCUT2D eigenvalue weighted by Crippen LogP contribution is 2.25. The first-order valence-electron chi connectivity index (χ1n) is 8.26. The molecule has 0 saturated carbocycles. The van der Waals surface area contributed by atoms with Gasteiger partial charge in [-0.1, -0.05) is 24.3 Å². The molecule has 0 spiro atoms. The van der Waals surface area contributed by atoms with Crippen LogP contribution in [-0.4, -0.2) is 16.8 Å². The number of hydrogen-bond acceptors (Lipinski definition) is 5. The minimum absolute atomic E-state index is 0.215. The zero-order valence-electron chi connectivity index (χ0n) is 14.1. The first-order valence-corrected chi connectivity index (χ1v) is 9.14. The minimum atomic E-state index is -0.416. The second-order valence-electron chi connectivity index (χ2n) is 5.81. The Balaban J connectivity index is 1.58. The highest BCUT2D eigenvalue weighted by molar-refractivity contribution is 7.10. The van der Waals surface area contributed by atoms with Crippen molar-refractivity contribution in [3.63, 3.8) is 0 Å². The van der Waals surface area contributed by atoms with Gasteiger partial charge in [0.2, 0.25) is 5.91 Å². The van der Waals surface area contributed by atoms with E-state index in [9.17, 15) is 9.59 Å².